The number of nitrogens with zero attached hydrogens (tertiary/aromatic N) is 3. The van der Waals surface area contributed by atoms with Crippen molar-refractivity contribution in [1.82, 2.24) is 9.55 Å². The molecule has 4 nitrogen and oxygen atoms in total. The van der Waals surface area contributed by atoms with Gasteiger partial charge in [0.1, 0.15) is 0 Å². The lowest BCUT2D eigenvalue weighted by molar-refractivity contribution is 0.921. The van der Waals surface area contributed by atoms with Crippen LogP contribution in [0, 0.1) is 0 Å². The molecule has 39 heavy (non-hydrogen) atoms. The van der Waals surface area contributed by atoms with Gasteiger partial charge in [0.15, 0.2) is 0 Å². The Hall–Kier alpha value is -5.09. The molecule has 2 N–H and O–H groups in total. The molecule has 0 fully saturated rings. The van der Waals surface area contributed by atoms with Crippen LogP contribution in [0.15, 0.2) is 139 Å². The molecular weight excluding hydrogens is 476 g/mol. The van der Waals surface area contributed by atoms with Crippen LogP contribution >= 0.6 is 0 Å². The van der Waals surface area contributed by atoms with Crippen LogP contribution in [0.1, 0.15) is 18.4 Å². The molecule has 4 heteroatoms. The molecule has 1 aliphatic rings. The first-order valence-electron chi connectivity index (χ1n) is 13.3. The smallest absolute Gasteiger partial charge is 0.0963 e. The molecule has 0 saturated heterocycles. The Morgan fingerprint density at radius 1 is 0.718 bits per heavy atom. The lowest BCUT2D eigenvalue weighted by Crippen LogP contribution is -2.12. The molecule has 0 saturated carbocycles. The number of anilines is 2. The standard InChI is InChI=1S/C35H28N4/c1-24-29-8-2-4-10-32(29)38(31(24)12-6-22-36)27-18-14-25(15-19-27)26-16-20-28(21-17-26)39-33-11-5-3-9-30(33)35-34(39)13-7-23-37-35/h2-24H,36H2,1H3/b22-6-,31-12+. The number of nitrogens with two attached hydrogens (primary N) is 1. The van der Waals surface area contributed by atoms with E-state index in [1.165, 1.54) is 33.5 Å². The predicted octanol–water partition coefficient (Wildman–Crippen LogP) is 8.46. The monoisotopic (exact) mass is 504 g/mol. The quantitative estimate of drug-likeness (QED) is 0.262. The molecule has 7 rings (SSSR count). The van der Waals surface area contributed by atoms with Crippen LogP contribution in [0.2, 0.25) is 0 Å². The average molecular weight is 505 g/mol. The molecule has 0 spiro atoms. The third-order valence-electron chi connectivity index (χ3n) is 7.74. The summed E-state index contributed by atoms with van der Waals surface area (Å²) in [6, 6.07) is 38.8. The summed E-state index contributed by atoms with van der Waals surface area (Å²) in [6.45, 7) is 2.25. The highest BCUT2D eigenvalue weighted by Crippen LogP contribution is 2.47. The fourth-order valence-electron chi connectivity index (χ4n) is 5.88. The Balaban J connectivity index is 1.24. The van der Waals surface area contributed by atoms with E-state index in [0.29, 0.717) is 5.92 Å². The second kappa shape index (κ2) is 9.34. The summed E-state index contributed by atoms with van der Waals surface area (Å²) in [5.74, 6) is 0.292. The van der Waals surface area contributed by atoms with Crippen LogP contribution < -0.4 is 10.6 Å². The average Bonchev–Trinajstić information content (AvgIpc) is 3.48. The van der Waals surface area contributed by atoms with Gasteiger partial charge in [0.25, 0.3) is 0 Å². The van der Waals surface area contributed by atoms with E-state index in [9.17, 15) is 0 Å². The maximum atomic E-state index is 5.67. The Bertz CT molecular complexity index is 1820. The topological polar surface area (TPSA) is 47.1 Å². The van der Waals surface area contributed by atoms with Crippen molar-refractivity contribution in [3.05, 3.63) is 145 Å². The van der Waals surface area contributed by atoms with Gasteiger partial charge in [-0.05, 0) is 83.6 Å². The lowest BCUT2D eigenvalue weighted by atomic mass is 10.0. The van der Waals surface area contributed by atoms with Gasteiger partial charge >= 0.3 is 0 Å². The largest absolute Gasteiger partial charge is 0.405 e. The van der Waals surface area contributed by atoms with Gasteiger partial charge in [-0.1, -0.05) is 67.6 Å². The number of benzene rings is 4. The predicted molar refractivity (Wildman–Crippen MR) is 162 cm³/mol. The van der Waals surface area contributed by atoms with Crippen molar-refractivity contribution >= 4 is 33.3 Å². The molecule has 4 aromatic carbocycles. The molecule has 1 aliphatic heterocycles. The summed E-state index contributed by atoms with van der Waals surface area (Å²) >= 11 is 0. The third-order valence-corrected chi connectivity index (χ3v) is 7.74. The molecule has 2 aromatic heterocycles. The van der Waals surface area contributed by atoms with Gasteiger partial charge in [-0.15, -0.1) is 0 Å². The molecule has 188 valence electrons. The summed E-state index contributed by atoms with van der Waals surface area (Å²) in [7, 11) is 0. The van der Waals surface area contributed by atoms with Gasteiger partial charge in [-0.2, -0.15) is 0 Å². The number of fused-ring (bicyclic) bond motifs is 4. The van der Waals surface area contributed by atoms with Gasteiger partial charge in [0.2, 0.25) is 0 Å². The van der Waals surface area contributed by atoms with Crippen LogP contribution in [-0.2, 0) is 0 Å². The summed E-state index contributed by atoms with van der Waals surface area (Å²) in [6.07, 6.45) is 7.47. The number of rotatable bonds is 4. The molecule has 3 heterocycles. The lowest BCUT2D eigenvalue weighted by Gasteiger charge is -2.23. The summed E-state index contributed by atoms with van der Waals surface area (Å²) in [4.78, 5) is 7.00. The highest BCUT2D eigenvalue weighted by molar-refractivity contribution is 6.06. The highest BCUT2D eigenvalue weighted by atomic mass is 15.2. The van der Waals surface area contributed by atoms with E-state index in [2.05, 4.69) is 131 Å². The Morgan fingerprint density at radius 3 is 2.15 bits per heavy atom. The van der Waals surface area contributed by atoms with Crippen molar-refractivity contribution in [3.63, 3.8) is 0 Å². The molecule has 6 aromatic rings. The van der Waals surface area contributed by atoms with Crippen LogP contribution in [-0.4, -0.2) is 9.55 Å². The van der Waals surface area contributed by atoms with E-state index in [4.69, 9.17) is 5.73 Å². The Labute approximate surface area is 228 Å². The van der Waals surface area contributed by atoms with E-state index in [1.807, 2.05) is 18.3 Å². The van der Waals surface area contributed by atoms with Crippen LogP contribution in [0.5, 0.6) is 0 Å². The van der Waals surface area contributed by atoms with E-state index in [-0.39, 0.29) is 0 Å². The summed E-state index contributed by atoms with van der Waals surface area (Å²) in [5, 5.41) is 1.17. The second-order valence-electron chi connectivity index (χ2n) is 9.91. The molecule has 0 bridgehead atoms. The van der Waals surface area contributed by atoms with E-state index >= 15 is 0 Å². The van der Waals surface area contributed by atoms with E-state index < -0.39 is 0 Å². The van der Waals surface area contributed by atoms with Crippen molar-refractivity contribution in [2.24, 2.45) is 5.73 Å². The highest BCUT2D eigenvalue weighted by Gasteiger charge is 2.31. The minimum absolute atomic E-state index is 0.292. The number of allylic oxidation sites excluding steroid dienone is 3. The first-order chi connectivity index (χ1) is 19.2. The first-order valence-corrected chi connectivity index (χ1v) is 13.3. The molecule has 1 unspecified atom stereocenters. The second-order valence-corrected chi connectivity index (χ2v) is 9.91. The Morgan fingerprint density at radius 2 is 1.38 bits per heavy atom. The summed E-state index contributed by atoms with van der Waals surface area (Å²) in [5.41, 5.74) is 17.4. The van der Waals surface area contributed by atoms with Crippen LogP contribution in [0.25, 0.3) is 38.8 Å². The molecule has 1 atom stereocenters. The van der Waals surface area contributed by atoms with Crippen molar-refractivity contribution in [2.75, 3.05) is 4.90 Å². The number of hydrogen-bond donors (Lipinski definition) is 1. The number of pyridine rings is 1. The van der Waals surface area contributed by atoms with Crippen molar-refractivity contribution < 1.29 is 0 Å². The molecular formula is C35H28N4. The van der Waals surface area contributed by atoms with E-state index in [0.717, 1.165) is 27.9 Å². The SMILES string of the molecule is CC1/C(=C\C=C/N)N(c2ccc(-c3ccc(-n4c5ccccc5c5ncccc54)cc3)cc2)c2ccccc21. The van der Waals surface area contributed by atoms with Gasteiger partial charge < -0.3 is 15.2 Å². The minimum Gasteiger partial charge on any atom is -0.405 e. The van der Waals surface area contributed by atoms with Gasteiger partial charge in [0, 0.05) is 40.3 Å². The van der Waals surface area contributed by atoms with E-state index in [1.54, 1.807) is 6.20 Å². The van der Waals surface area contributed by atoms with Crippen molar-refractivity contribution in [3.8, 4) is 16.8 Å². The molecule has 0 aliphatic carbocycles. The maximum Gasteiger partial charge on any atom is 0.0963 e. The van der Waals surface area contributed by atoms with Gasteiger partial charge in [-0.3, -0.25) is 4.98 Å². The summed E-state index contributed by atoms with van der Waals surface area (Å²) < 4.78 is 2.29. The maximum absolute atomic E-state index is 5.67. The zero-order valence-corrected chi connectivity index (χ0v) is 21.7. The van der Waals surface area contributed by atoms with Crippen LogP contribution in [0.4, 0.5) is 11.4 Å². The number of aromatic nitrogens is 2. The zero-order valence-electron chi connectivity index (χ0n) is 21.7. The fraction of sp³-hybridized carbons (Fsp3) is 0.0571. The minimum atomic E-state index is 0.292. The zero-order chi connectivity index (χ0) is 26.3. The number of hydrogen-bond acceptors (Lipinski definition) is 3. The van der Waals surface area contributed by atoms with Crippen LogP contribution in [0.3, 0.4) is 0 Å². The fourth-order valence-corrected chi connectivity index (χ4v) is 5.88. The van der Waals surface area contributed by atoms with Gasteiger partial charge in [0.05, 0.1) is 16.6 Å². The number of para-hydroxylation sites is 2. The first kappa shape index (κ1) is 23.1. The molecule has 0 amide bonds. The molecule has 0 radical (unpaired) electrons. The van der Waals surface area contributed by atoms with Gasteiger partial charge in [-0.25, -0.2) is 0 Å². The van der Waals surface area contributed by atoms with Crippen molar-refractivity contribution in [1.29, 1.82) is 0 Å². The third kappa shape index (κ3) is 3.72. The normalized spacial score (nSPS) is 16.1. The van der Waals surface area contributed by atoms with Crippen molar-refractivity contribution in [2.45, 2.75) is 12.8 Å². The Kier molecular flexibility index (Phi) is 5.52.